The van der Waals surface area contributed by atoms with E-state index in [1.165, 1.54) is 57.8 Å². The monoisotopic (exact) mass is 461 g/mol. The zero-order valence-corrected chi connectivity index (χ0v) is 21.1. The molecule has 0 spiro atoms. The third kappa shape index (κ3) is 13.5. The van der Waals surface area contributed by atoms with Crippen molar-refractivity contribution >= 4 is 34.8 Å². The van der Waals surface area contributed by atoms with Crippen molar-refractivity contribution in [3.05, 3.63) is 29.8 Å². The SMILES string of the molecule is CCCCCCCCCCCCCC(=O)NC(=S)Nc1cccc(C(=O)NC(C)CC)c1. The zero-order chi connectivity index (χ0) is 23.6. The van der Waals surface area contributed by atoms with E-state index in [4.69, 9.17) is 12.2 Å². The summed E-state index contributed by atoms with van der Waals surface area (Å²) in [5.74, 6) is -0.182. The van der Waals surface area contributed by atoms with Crippen molar-refractivity contribution in [2.24, 2.45) is 0 Å². The van der Waals surface area contributed by atoms with Crippen molar-refractivity contribution in [3.63, 3.8) is 0 Å². The van der Waals surface area contributed by atoms with Crippen LogP contribution in [0.15, 0.2) is 24.3 Å². The molecule has 0 heterocycles. The highest BCUT2D eigenvalue weighted by Gasteiger charge is 2.10. The summed E-state index contributed by atoms with van der Waals surface area (Å²) in [6.07, 6.45) is 15.2. The van der Waals surface area contributed by atoms with Crippen molar-refractivity contribution in [1.29, 1.82) is 0 Å². The van der Waals surface area contributed by atoms with Crippen LogP contribution in [-0.4, -0.2) is 23.0 Å². The molecule has 0 saturated carbocycles. The normalized spacial score (nSPS) is 11.6. The maximum absolute atomic E-state index is 12.3. The summed E-state index contributed by atoms with van der Waals surface area (Å²) in [6, 6.07) is 7.23. The van der Waals surface area contributed by atoms with E-state index in [2.05, 4.69) is 22.9 Å². The fourth-order valence-corrected chi connectivity index (χ4v) is 3.68. The van der Waals surface area contributed by atoms with Gasteiger partial charge in [0.15, 0.2) is 5.11 Å². The minimum atomic E-state index is -0.116. The number of carbonyl (C=O) groups excluding carboxylic acids is 2. The average Bonchev–Trinajstić information content (AvgIpc) is 2.77. The quantitative estimate of drug-likeness (QED) is 0.189. The highest BCUT2D eigenvalue weighted by atomic mass is 32.1. The highest BCUT2D eigenvalue weighted by molar-refractivity contribution is 7.80. The molecule has 0 radical (unpaired) electrons. The van der Waals surface area contributed by atoms with Crippen LogP contribution in [-0.2, 0) is 4.79 Å². The van der Waals surface area contributed by atoms with Crippen LogP contribution < -0.4 is 16.0 Å². The summed E-state index contributed by atoms with van der Waals surface area (Å²) in [5, 5.41) is 8.94. The Morgan fingerprint density at radius 3 is 2.09 bits per heavy atom. The second kappa shape index (κ2) is 17.6. The maximum Gasteiger partial charge on any atom is 0.251 e. The number of hydrogen-bond donors (Lipinski definition) is 3. The minimum Gasteiger partial charge on any atom is -0.350 e. The molecule has 3 N–H and O–H groups in total. The van der Waals surface area contributed by atoms with Gasteiger partial charge in [-0.15, -0.1) is 0 Å². The van der Waals surface area contributed by atoms with Gasteiger partial charge in [0.25, 0.3) is 5.91 Å². The van der Waals surface area contributed by atoms with Crippen LogP contribution in [0.2, 0.25) is 0 Å². The van der Waals surface area contributed by atoms with E-state index >= 15 is 0 Å². The lowest BCUT2D eigenvalue weighted by atomic mass is 10.1. The molecule has 0 aliphatic heterocycles. The van der Waals surface area contributed by atoms with Crippen molar-refractivity contribution in [3.8, 4) is 0 Å². The van der Waals surface area contributed by atoms with E-state index < -0.39 is 0 Å². The van der Waals surface area contributed by atoms with Crippen LogP contribution >= 0.6 is 12.2 Å². The Balaban J connectivity index is 2.18. The molecule has 0 fully saturated rings. The Kier molecular flexibility index (Phi) is 15.4. The molecule has 1 aromatic rings. The smallest absolute Gasteiger partial charge is 0.251 e. The Morgan fingerprint density at radius 1 is 0.906 bits per heavy atom. The first kappa shape index (κ1) is 28.1. The van der Waals surface area contributed by atoms with Crippen molar-refractivity contribution < 1.29 is 9.59 Å². The van der Waals surface area contributed by atoms with E-state index in [-0.39, 0.29) is 23.0 Å². The first-order valence-electron chi connectivity index (χ1n) is 12.5. The largest absolute Gasteiger partial charge is 0.350 e. The summed E-state index contributed by atoms with van der Waals surface area (Å²) >= 11 is 5.25. The molecule has 0 bridgehead atoms. The molecule has 0 aliphatic rings. The topological polar surface area (TPSA) is 70.2 Å². The number of rotatable bonds is 16. The van der Waals surface area contributed by atoms with E-state index in [0.717, 1.165) is 19.3 Å². The molecule has 1 atom stereocenters. The van der Waals surface area contributed by atoms with Gasteiger partial charge in [-0.1, -0.05) is 84.1 Å². The van der Waals surface area contributed by atoms with E-state index in [0.29, 0.717) is 17.7 Å². The van der Waals surface area contributed by atoms with Crippen LogP contribution in [0.3, 0.4) is 0 Å². The van der Waals surface area contributed by atoms with Gasteiger partial charge < -0.3 is 16.0 Å². The number of benzene rings is 1. The minimum absolute atomic E-state index is 0.0657. The number of anilines is 1. The van der Waals surface area contributed by atoms with Crippen molar-refractivity contribution in [1.82, 2.24) is 10.6 Å². The molecule has 0 saturated heterocycles. The maximum atomic E-state index is 12.3. The molecular formula is C26H43N3O2S. The third-order valence-corrected chi connectivity index (χ3v) is 5.84. The van der Waals surface area contributed by atoms with Crippen molar-refractivity contribution in [2.75, 3.05) is 5.32 Å². The predicted molar refractivity (Wildman–Crippen MR) is 139 cm³/mol. The predicted octanol–water partition coefficient (Wildman–Crippen LogP) is 6.73. The zero-order valence-electron chi connectivity index (χ0n) is 20.3. The van der Waals surface area contributed by atoms with Gasteiger partial charge in [0.1, 0.15) is 0 Å². The van der Waals surface area contributed by atoms with Gasteiger partial charge in [0, 0.05) is 23.7 Å². The summed E-state index contributed by atoms with van der Waals surface area (Å²) < 4.78 is 0. The fraction of sp³-hybridized carbons (Fsp3) is 0.654. The Morgan fingerprint density at radius 2 is 1.50 bits per heavy atom. The van der Waals surface area contributed by atoms with Gasteiger partial charge in [-0.3, -0.25) is 9.59 Å². The van der Waals surface area contributed by atoms with E-state index in [1.807, 2.05) is 19.9 Å². The fourth-order valence-electron chi connectivity index (χ4n) is 3.45. The van der Waals surface area contributed by atoms with E-state index in [9.17, 15) is 9.59 Å². The standard InChI is InChI=1S/C26H43N3O2S/c1-4-6-7-8-9-10-11-12-13-14-15-19-24(30)29-26(32)28-23-18-16-17-22(20-23)25(31)27-21(3)5-2/h16-18,20-21H,4-15,19H2,1-3H3,(H,27,31)(H2,28,29,30,32). The van der Waals surface area contributed by atoms with Crippen LogP contribution in [0.4, 0.5) is 5.69 Å². The van der Waals surface area contributed by atoms with Crippen molar-refractivity contribution in [2.45, 2.75) is 110 Å². The molecule has 6 heteroatoms. The first-order chi connectivity index (χ1) is 15.5. The van der Waals surface area contributed by atoms with Gasteiger partial charge in [-0.2, -0.15) is 0 Å². The summed E-state index contributed by atoms with van der Waals surface area (Å²) in [7, 11) is 0. The molecule has 5 nitrogen and oxygen atoms in total. The molecule has 180 valence electrons. The molecule has 32 heavy (non-hydrogen) atoms. The first-order valence-corrected chi connectivity index (χ1v) is 12.9. The second-order valence-corrected chi connectivity index (χ2v) is 9.06. The summed E-state index contributed by atoms with van der Waals surface area (Å²) in [4.78, 5) is 24.4. The average molecular weight is 462 g/mol. The number of hydrogen-bond acceptors (Lipinski definition) is 3. The van der Waals surface area contributed by atoms with Gasteiger partial charge >= 0.3 is 0 Å². The Hall–Kier alpha value is -1.95. The number of nitrogens with one attached hydrogen (secondary N) is 3. The van der Waals surface area contributed by atoms with Crippen LogP contribution in [0.1, 0.15) is 115 Å². The molecule has 1 aromatic carbocycles. The molecule has 1 unspecified atom stereocenters. The molecular weight excluding hydrogens is 418 g/mol. The Bertz CT molecular complexity index is 693. The lowest BCUT2D eigenvalue weighted by molar-refractivity contribution is -0.119. The van der Waals surface area contributed by atoms with Gasteiger partial charge in [-0.05, 0) is 50.2 Å². The van der Waals surface area contributed by atoms with Gasteiger partial charge in [0.2, 0.25) is 5.91 Å². The molecule has 0 aliphatic carbocycles. The number of carbonyl (C=O) groups is 2. The third-order valence-electron chi connectivity index (χ3n) is 5.63. The summed E-state index contributed by atoms with van der Waals surface area (Å²) in [5.41, 5.74) is 1.24. The lowest BCUT2D eigenvalue weighted by Crippen LogP contribution is -2.34. The van der Waals surface area contributed by atoms with E-state index in [1.54, 1.807) is 18.2 Å². The molecule has 1 rings (SSSR count). The number of unbranched alkanes of at least 4 members (excludes halogenated alkanes) is 10. The van der Waals surface area contributed by atoms with Crippen LogP contribution in [0, 0.1) is 0 Å². The molecule has 2 amide bonds. The molecule has 0 aromatic heterocycles. The van der Waals surface area contributed by atoms with Crippen LogP contribution in [0.25, 0.3) is 0 Å². The summed E-state index contributed by atoms with van der Waals surface area (Å²) in [6.45, 7) is 6.25. The number of thiocarbonyl (C=S) groups is 1. The van der Waals surface area contributed by atoms with Crippen LogP contribution in [0.5, 0.6) is 0 Å². The lowest BCUT2D eigenvalue weighted by Gasteiger charge is -2.13. The second-order valence-electron chi connectivity index (χ2n) is 8.65. The Labute approximate surface area is 200 Å². The highest BCUT2D eigenvalue weighted by Crippen LogP contribution is 2.13. The number of amides is 2. The van der Waals surface area contributed by atoms with Gasteiger partial charge in [-0.25, -0.2) is 0 Å². The van der Waals surface area contributed by atoms with Gasteiger partial charge in [0.05, 0.1) is 0 Å².